The highest BCUT2D eigenvalue weighted by molar-refractivity contribution is 6.42. The number of allylic oxidation sites excluding steroid dienone is 2. The smallest absolute Gasteiger partial charge is 0.141 e. The first-order valence-corrected chi connectivity index (χ1v) is 10.1. The van der Waals surface area contributed by atoms with E-state index in [0.717, 1.165) is 39.5 Å². The average molecular weight is 435 g/mol. The normalized spacial score (nSPS) is 15.8. The second-order valence-corrected chi connectivity index (χ2v) is 8.02. The summed E-state index contributed by atoms with van der Waals surface area (Å²) in [6.07, 6.45) is 1.76. The van der Waals surface area contributed by atoms with Crippen molar-refractivity contribution in [2.75, 3.05) is 5.32 Å². The number of benzene rings is 2. The van der Waals surface area contributed by atoms with Gasteiger partial charge in [-0.15, -0.1) is 0 Å². The van der Waals surface area contributed by atoms with Gasteiger partial charge in [0.1, 0.15) is 17.7 Å². The standard InChI is InChI=1S/C22H16Cl2N6/c1-12-20(22-28-17-9-13(11-25)3-6-18(17)29(22)2)21(30-19(27-12)7-8-26-30)14-4-5-15(23)16(24)10-14/h3-10,21,27H,1-2H3. The van der Waals surface area contributed by atoms with Crippen LogP contribution in [0.2, 0.25) is 10.0 Å². The van der Waals surface area contributed by atoms with Crippen molar-refractivity contribution in [2.45, 2.75) is 13.0 Å². The second-order valence-electron chi connectivity index (χ2n) is 7.21. The number of halogens is 2. The van der Waals surface area contributed by atoms with E-state index in [1.54, 1.807) is 24.4 Å². The molecule has 1 atom stereocenters. The molecular weight excluding hydrogens is 419 g/mol. The third-order valence-electron chi connectivity index (χ3n) is 5.42. The van der Waals surface area contributed by atoms with Crippen molar-refractivity contribution in [3.63, 3.8) is 0 Å². The molecule has 0 amide bonds. The van der Waals surface area contributed by atoms with Gasteiger partial charge in [0.05, 0.1) is 38.9 Å². The monoisotopic (exact) mass is 434 g/mol. The molecule has 4 aromatic rings. The van der Waals surface area contributed by atoms with Crippen molar-refractivity contribution in [1.82, 2.24) is 19.3 Å². The topological polar surface area (TPSA) is 71.5 Å². The Morgan fingerprint density at radius 2 is 1.93 bits per heavy atom. The molecule has 2 aromatic carbocycles. The third kappa shape index (κ3) is 2.78. The molecule has 0 bridgehead atoms. The van der Waals surface area contributed by atoms with Crippen molar-refractivity contribution in [3.05, 3.63) is 81.4 Å². The number of hydrogen-bond acceptors (Lipinski definition) is 4. The fourth-order valence-electron chi connectivity index (χ4n) is 4.00. The SMILES string of the molecule is CC1=C(c2nc3cc(C#N)ccc3n2C)C(c2ccc(Cl)c(Cl)c2)n2nccc2N1. The molecule has 0 saturated carbocycles. The Kier molecular flexibility index (Phi) is 4.31. The number of nitrogens with zero attached hydrogens (tertiary/aromatic N) is 5. The van der Waals surface area contributed by atoms with Gasteiger partial charge in [0, 0.05) is 24.4 Å². The Bertz CT molecular complexity index is 1390. The minimum Gasteiger partial charge on any atom is -0.344 e. The van der Waals surface area contributed by atoms with Gasteiger partial charge in [0.25, 0.3) is 0 Å². The van der Waals surface area contributed by atoms with E-state index in [4.69, 9.17) is 28.2 Å². The summed E-state index contributed by atoms with van der Waals surface area (Å²) in [6, 6.07) is 15.0. The number of fused-ring (bicyclic) bond motifs is 2. The predicted molar refractivity (Wildman–Crippen MR) is 118 cm³/mol. The Morgan fingerprint density at radius 3 is 2.70 bits per heavy atom. The van der Waals surface area contributed by atoms with Crippen LogP contribution in [-0.4, -0.2) is 19.3 Å². The zero-order chi connectivity index (χ0) is 21.0. The number of imidazole rings is 1. The summed E-state index contributed by atoms with van der Waals surface area (Å²) in [6.45, 7) is 2.02. The van der Waals surface area contributed by atoms with Crippen LogP contribution in [0.3, 0.4) is 0 Å². The summed E-state index contributed by atoms with van der Waals surface area (Å²) < 4.78 is 3.96. The molecule has 1 N–H and O–H groups in total. The lowest BCUT2D eigenvalue weighted by molar-refractivity contribution is 0.613. The molecule has 2 aromatic heterocycles. The van der Waals surface area contributed by atoms with Gasteiger partial charge in [-0.3, -0.25) is 0 Å². The number of aryl methyl sites for hydroxylation is 1. The van der Waals surface area contributed by atoms with Crippen LogP contribution in [0.1, 0.15) is 29.9 Å². The van der Waals surface area contributed by atoms with Crippen molar-refractivity contribution in [1.29, 1.82) is 5.26 Å². The number of anilines is 1. The van der Waals surface area contributed by atoms with Gasteiger partial charge in [0.2, 0.25) is 0 Å². The van der Waals surface area contributed by atoms with E-state index < -0.39 is 0 Å². The average Bonchev–Trinajstić information content (AvgIpc) is 3.33. The minimum absolute atomic E-state index is 0.239. The highest BCUT2D eigenvalue weighted by Gasteiger charge is 2.32. The van der Waals surface area contributed by atoms with Crippen LogP contribution in [0.4, 0.5) is 5.82 Å². The van der Waals surface area contributed by atoms with E-state index in [-0.39, 0.29) is 6.04 Å². The van der Waals surface area contributed by atoms with Gasteiger partial charge in [-0.2, -0.15) is 10.4 Å². The highest BCUT2D eigenvalue weighted by Crippen LogP contribution is 2.42. The van der Waals surface area contributed by atoms with Crippen molar-refractivity contribution < 1.29 is 0 Å². The second kappa shape index (κ2) is 6.91. The molecule has 5 rings (SSSR count). The molecule has 0 radical (unpaired) electrons. The Labute approximate surface area is 183 Å². The molecule has 0 fully saturated rings. The van der Waals surface area contributed by atoms with Crippen molar-refractivity contribution >= 4 is 45.6 Å². The Balaban J connectivity index is 1.76. The van der Waals surface area contributed by atoms with Crippen LogP contribution in [0.15, 0.2) is 54.4 Å². The summed E-state index contributed by atoms with van der Waals surface area (Å²) in [7, 11) is 1.97. The molecular formula is C22H16Cl2N6. The first-order chi connectivity index (χ1) is 14.5. The molecule has 1 aliphatic heterocycles. The molecule has 148 valence electrons. The van der Waals surface area contributed by atoms with Gasteiger partial charge in [-0.05, 0) is 42.8 Å². The van der Waals surface area contributed by atoms with E-state index in [1.165, 1.54) is 0 Å². The third-order valence-corrected chi connectivity index (χ3v) is 6.16. The van der Waals surface area contributed by atoms with Crippen LogP contribution in [0.5, 0.6) is 0 Å². The lowest BCUT2D eigenvalue weighted by Gasteiger charge is -2.30. The minimum atomic E-state index is -0.239. The van der Waals surface area contributed by atoms with Crippen LogP contribution in [0, 0.1) is 11.3 Å². The molecule has 30 heavy (non-hydrogen) atoms. The zero-order valence-corrected chi connectivity index (χ0v) is 17.7. The number of aromatic nitrogens is 4. The van der Waals surface area contributed by atoms with Gasteiger partial charge >= 0.3 is 0 Å². The van der Waals surface area contributed by atoms with E-state index in [1.807, 2.05) is 47.5 Å². The molecule has 1 unspecified atom stereocenters. The van der Waals surface area contributed by atoms with E-state index >= 15 is 0 Å². The molecule has 6 nitrogen and oxygen atoms in total. The number of rotatable bonds is 2. The van der Waals surface area contributed by atoms with Crippen LogP contribution in [0.25, 0.3) is 16.6 Å². The lowest BCUT2D eigenvalue weighted by Crippen LogP contribution is -2.25. The van der Waals surface area contributed by atoms with Gasteiger partial charge < -0.3 is 9.88 Å². The van der Waals surface area contributed by atoms with Gasteiger partial charge in [-0.25, -0.2) is 9.67 Å². The zero-order valence-electron chi connectivity index (χ0n) is 16.2. The van der Waals surface area contributed by atoms with Gasteiger partial charge in [0.15, 0.2) is 0 Å². The molecule has 0 aliphatic carbocycles. The van der Waals surface area contributed by atoms with Crippen LogP contribution in [-0.2, 0) is 7.05 Å². The molecule has 3 heterocycles. The Morgan fingerprint density at radius 1 is 1.10 bits per heavy atom. The van der Waals surface area contributed by atoms with Crippen LogP contribution >= 0.6 is 23.2 Å². The fraction of sp³-hybridized carbons (Fsp3) is 0.136. The maximum atomic E-state index is 9.25. The first kappa shape index (κ1) is 18.7. The van der Waals surface area contributed by atoms with Crippen molar-refractivity contribution in [3.8, 4) is 6.07 Å². The summed E-state index contributed by atoms with van der Waals surface area (Å²) in [5.74, 6) is 1.68. The number of hydrogen-bond donors (Lipinski definition) is 1. The Hall–Kier alpha value is -3.27. The number of nitrogens with one attached hydrogen (secondary N) is 1. The first-order valence-electron chi connectivity index (χ1n) is 9.31. The lowest BCUT2D eigenvalue weighted by atomic mass is 9.95. The summed E-state index contributed by atoms with van der Waals surface area (Å²) in [4.78, 5) is 4.88. The predicted octanol–water partition coefficient (Wildman–Crippen LogP) is 5.39. The molecule has 8 heteroatoms. The maximum Gasteiger partial charge on any atom is 0.141 e. The summed E-state index contributed by atoms with van der Waals surface area (Å²) in [5.41, 5.74) is 5.19. The molecule has 0 spiro atoms. The maximum absolute atomic E-state index is 9.25. The molecule has 0 saturated heterocycles. The molecule has 1 aliphatic rings. The quantitative estimate of drug-likeness (QED) is 0.458. The summed E-state index contributed by atoms with van der Waals surface area (Å²) in [5, 5.41) is 18.2. The largest absolute Gasteiger partial charge is 0.344 e. The number of nitriles is 1. The van der Waals surface area contributed by atoms with Crippen molar-refractivity contribution in [2.24, 2.45) is 7.05 Å². The fourth-order valence-corrected chi connectivity index (χ4v) is 4.30. The summed E-state index contributed by atoms with van der Waals surface area (Å²) >= 11 is 12.5. The van der Waals surface area contributed by atoms with E-state index in [0.29, 0.717) is 15.6 Å². The van der Waals surface area contributed by atoms with Crippen LogP contribution < -0.4 is 5.32 Å². The highest BCUT2D eigenvalue weighted by atomic mass is 35.5. The van der Waals surface area contributed by atoms with E-state index in [2.05, 4.69) is 16.5 Å². The van der Waals surface area contributed by atoms with E-state index in [9.17, 15) is 5.26 Å². The van der Waals surface area contributed by atoms with Gasteiger partial charge in [-0.1, -0.05) is 29.3 Å².